The van der Waals surface area contributed by atoms with Crippen molar-refractivity contribution in [2.45, 2.75) is 26.9 Å². The number of aryl methyl sites for hydroxylation is 3. The van der Waals surface area contributed by atoms with E-state index in [4.69, 9.17) is 11.6 Å². The van der Waals surface area contributed by atoms with E-state index in [-0.39, 0.29) is 10.6 Å². The summed E-state index contributed by atoms with van der Waals surface area (Å²) in [5.41, 5.74) is 4.08. The van der Waals surface area contributed by atoms with E-state index >= 15 is 0 Å². The Kier molecular flexibility index (Phi) is 3.93. The molecular formula is C16H16ClFO. The molecule has 0 amide bonds. The van der Waals surface area contributed by atoms with Crippen LogP contribution >= 0.6 is 11.6 Å². The molecule has 100 valence electrons. The third kappa shape index (κ3) is 2.65. The monoisotopic (exact) mass is 278 g/mol. The Morgan fingerprint density at radius 1 is 1.00 bits per heavy atom. The van der Waals surface area contributed by atoms with Gasteiger partial charge in [-0.25, -0.2) is 4.39 Å². The van der Waals surface area contributed by atoms with Crippen LogP contribution in [0.1, 0.15) is 33.9 Å². The molecule has 0 heterocycles. The van der Waals surface area contributed by atoms with Gasteiger partial charge in [-0.1, -0.05) is 35.9 Å². The summed E-state index contributed by atoms with van der Waals surface area (Å²) < 4.78 is 14.0. The summed E-state index contributed by atoms with van der Waals surface area (Å²) >= 11 is 5.76. The molecule has 0 aromatic heterocycles. The first-order valence-electron chi connectivity index (χ1n) is 6.11. The number of halogens is 2. The van der Waals surface area contributed by atoms with Crippen LogP contribution in [0.5, 0.6) is 0 Å². The lowest BCUT2D eigenvalue weighted by molar-refractivity contribution is 0.214. The van der Waals surface area contributed by atoms with Crippen LogP contribution < -0.4 is 0 Å². The molecule has 1 unspecified atom stereocenters. The maximum absolute atomic E-state index is 14.0. The molecule has 2 aromatic carbocycles. The highest BCUT2D eigenvalue weighted by molar-refractivity contribution is 6.30. The molecule has 0 spiro atoms. The predicted molar refractivity (Wildman–Crippen MR) is 76.1 cm³/mol. The first kappa shape index (κ1) is 14.0. The van der Waals surface area contributed by atoms with Gasteiger partial charge >= 0.3 is 0 Å². The molecule has 1 atom stereocenters. The van der Waals surface area contributed by atoms with Gasteiger partial charge in [0.15, 0.2) is 0 Å². The smallest absolute Gasteiger partial charge is 0.147 e. The van der Waals surface area contributed by atoms with Crippen molar-refractivity contribution in [2.24, 2.45) is 0 Å². The third-order valence-corrected chi connectivity index (χ3v) is 3.74. The van der Waals surface area contributed by atoms with Crippen LogP contribution in [0.2, 0.25) is 5.02 Å². The van der Waals surface area contributed by atoms with E-state index in [1.807, 2.05) is 32.9 Å². The second-order valence-electron chi connectivity index (χ2n) is 4.84. The lowest BCUT2D eigenvalue weighted by Gasteiger charge is -2.17. The Bertz CT molecular complexity index is 622. The van der Waals surface area contributed by atoms with Gasteiger partial charge < -0.3 is 5.11 Å². The Balaban J connectivity index is 2.53. The minimum absolute atomic E-state index is 0.0260. The van der Waals surface area contributed by atoms with Crippen LogP contribution in [-0.4, -0.2) is 5.11 Å². The Morgan fingerprint density at radius 2 is 1.63 bits per heavy atom. The Morgan fingerprint density at radius 3 is 2.32 bits per heavy atom. The zero-order valence-corrected chi connectivity index (χ0v) is 11.9. The molecule has 0 aliphatic heterocycles. The van der Waals surface area contributed by atoms with Crippen molar-refractivity contribution in [2.75, 3.05) is 0 Å². The molecule has 2 rings (SSSR count). The molecule has 2 aromatic rings. The molecular weight excluding hydrogens is 263 g/mol. The summed E-state index contributed by atoms with van der Waals surface area (Å²) in [6.07, 6.45) is -1.00. The fraction of sp³-hybridized carbons (Fsp3) is 0.250. The fourth-order valence-corrected chi connectivity index (χ4v) is 2.36. The van der Waals surface area contributed by atoms with Crippen molar-refractivity contribution in [3.05, 3.63) is 69.0 Å². The van der Waals surface area contributed by atoms with E-state index in [0.29, 0.717) is 5.56 Å². The van der Waals surface area contributed by atoms with Crippen molar-refractivity contribution in [1.29, 1.82) is 0 Å². The lowest BCUT2D eigenvalue weighted by Crippen LogP contribution is -2.06. The van der Waals surface area contributed by atoms with E-state index < -0.39 is 11.9 Å². The standard InChI is InChI=1S/C16H16ClFO/c1-9-7-11(3)13(8-10(9)2)16(19)12-5-4-6-14(17)15(12)18/h4-8,16,19H,1-3H3. The summed E-state index contributed by atoms with van der Waals surface area (Å²) in [7, 11) is 0. The molecule has 19 heavy (non-hydrogen) atoms. The average molecular weight is 279 g/mol. The minimum atomic E-state index is -1.00. The van der Waals surface area contributed by atoms with Gasteiger partial charge in [0.05, 0.1) is 5.02 Å². The van der Waals surface area contributed by atoms with Gasteiger partial charge in [0.25, 0.3) is 0 Å². The molecule has 1 nitrogen and oxygen atoms in total. The molecule has 0 saturated carbocycles. The fourth-order valence-electron chi connectivity index (χ4n) is 2.18. The molecule has 0 radical (unpaired) electrons. The quantitative estimate of drug-likeness (QED) is 0.858. The predicted octanol–water partition coefficient (Wildman–Crippen LogP) is 4.49. The highest BCUT2D eigenvalue weighted by Gasteiger charge is 2.19. The normalized spacial score (nSPS) is 12.5. The van der Waals surface area contributed by atoms with Gasteiger partial charge in [-0.05, 0) is 49.1 Å². The molecule has 3 heteroatoms. The number of hydrogen-bond donors (Lipinski definition) is 1. The summed E-state index contributed by atoms with van der Waals surface area (Å²) in [5, 5.41) is 10.4. The van der Waals surface area contributed by atoms with Crippen molar-refractivity contribution < 1.29 is 9.50 Å². The van der Waals surface area contributed by atoms with Crippen LogP contribution in [0.3, 0.4) is 0 Å². The summed E-state index contributed by atoms with van der Waals surface area (Å²) in [6, 6.07) is 8.56. The van der Waals surface area contributed by atoms with E-state index in [0.717, 1.165) is 16.7 Å². The van der Waals surface area contributed by atoms with E-state index in [9.17, 15) is 9.50 Å². The van der Waals surface area contributed by atoms with Crippen molar-refractivity contribution >= 4 is 11.6 Å². The number of aliphatic hydroxyl groups excluding tert-OH is 1. The van der Waals surface area contributed by atoms with E-state index in [2.05, 4.69) is 0 Å². The summed E-state index contributed by atoms with van der Waals surface area (Å²) in [6.45, 7) is 5.89. The maximum Gasteiger partial charge on any atom is 0.147 e. The zero-order valence-electron chi connectivity index (χ0n) is 11.2. The number of hydrogen-bond acceptors (Lipinski definition) is 1. The van der Waals surface area contributed by atoms with Crippen molar-refractivity contribution in [3.8, 4) is 0 Å². The van der Waals surface area contributed by atoms with Gasteiger partial charge in [0, 0.05) is 5.56 Å². The van der Waals surface area contributed by atoms with Crippen molar-refractivity contribution in [3.63, 3.8) is 0 Å². The molecule has 0 aliphatic carbocycles. The Hall–Kier alpha value is -1.38. The SMILES string of the molecule is Cc1cc(C)c(C(O)c2cccc(Cl)c2F)cc1C. The molecule has 0 fully saturated rings. The van der Waals surface area contributed by atoms with Crippen LogP contribution in [0.25, 0.3) is 0 Å². The minimum Gasteiger partial charge on any atom is -0.384 e. The Labute approximate surface area is 117 Å². The molecule has 0 saturated heterocycles. The van der Waals surface area contributed by atoms with Gasteiger partial charge in [-0.3, -0.25) is 0 Å². The molecule has 0 bridgehead atoms. The lowest BCUT2D eigenvalue weighted by atomic mass is 9.93. The molecule has 1 N–H and O–H groups in total. The average Bonchev–Trinajstić information content (AvgIpc) is 2.36. The van der Waals surface area contributed by atoms with Crippen LogP contribution in [-0.2, 0) is 0 Å². The highest BCUT2D eigenvalue weighted by Crippen LogP contribution is 2.30. The van der Waals surface area contributed by atoms with Crippen LogP contribution in [0.4, 0.5) is 4.39 Å². The van der Waals surface area contributed by atoms with Crippen molar-refractivity contribution in [1.82, 2.24) is 0 Å². The number of rotatable bonds is 2. The second-order valence-corrected chi connectivity index (χ2v) is 5.25. The van der Waals surface area contributed by atoms with Crippen LogP contribution in [0, 0.1) is 26.6 Å². The van der Waals surface area contributed by atoms with E-state index in [1.54, 1.807) is 12.1 Å². The highest BCUT2D eigenvalue weighted by atomic mass is 35.5. The van der Waals surface area contributed by atoms with Gasteiger partial charge in [0.1, 0.15) is 11.9 Å². The topological polar surface area (TPSA) is 20.2 Å². The zero-order chi connectivity index (χ0) is 14.2. The maximum atomic E-state index is 14.0. The van der Waals surface area contributed by atoms with Gasteiger partial charge in [-0.15, -0.1) is 0 Å². The van der Waals surface area contributed by atoms with E-state index in [1.165, 1.54) is 6.07 Å². The van der Waals surface area contributed by atoms with Gasteiger partial charge in [-0.2, -0.15) is 0 Å². The summed E-state index contributed by atoms with van der Waals surface area (Å²) in [5.74, 6) is -0.561. The first-order chi connectivity index (χ1) is 8.91. The van der Waals surface area contributed by atoms with Gasteiger partial charge in [0.2, 0.25) is 0 Å². The third-order valence-electron chi connectivity index (χ3n) is 3.45. The number of benzene rings is 2. The molecule has 0 aliphatic rings. The largest absolute Gasteiger partial charge is 0.384 e. The number of aliphatic hydroxyl groups is 1. The summed E-state index contributed by atoms with van der Waals surface area (Å²) in [4.78, 5) is 0. The van der Waals surface area contributed by atoms with Crippen LogP contribution in [0.15, 0.2) is 30.3 Å². The second kappa shape index (κ2) is 5.32. The first-order valence-corrected chi connectivity index (χ1v) is 6.49.